The summed E-state index contributed by atoms with van der Waals surface area (Å²) < 4.78 is 0. The monoisotopic (exact) mass is 264 g/mol. The first kappa shape index (κ1) is 13.1. The second-order valence-corrected chi connectivity index (χ2v) is 5.89. The molecule has 1 aliphatic rings. The normalized spacial score (nSPS) is 24.4. The molecule has 20 heavy (non-hydrogen) atoms. The largest absolute Gasteiger partial charge is 0.300 e. The quantitative estimate of drug-likeness (QED) is 0.778. The summed E-state index contributed by atoms with van der Waals surface area (Å²) >= 11 is 0. The standard InChI is InChI=1S/C19H20O/c1-15(20)12-13-19(17-10-6-3-7-11-17)14-18(19)16-8-4-2-5-9-16/h2-11,18H,12-14H2,1H3/t18-,19+/m0/s1. The van der Waals surface area contributed by atoms with Gasteiger partial charge in [-0.25, -0.2) is 0 Å². The molecule has 1 aliphatic carbocycles. The maximum atomic E-state index is 11.4. The van der Waals surface area contributed by atoms with E-state index in [1.54, 1.807) is 6.92 Å². The lowest BCUT2D eigenvalue weighted by Gasteiger charge is -2.18. The molecule has 0 saturated heterocycles. The predicted molar refractivity (Wildman–Crippen MR) is 81.8 cm³/mol. The van der Waals surface area contributed by atoms with Gasteiger partial charge in [-0.05, 0) is 36.8 Å². The summed E-state index contributed by atoms with van der Waals surface area (Å²) in [5, 5.41) is 0. The SMILES string of the molecule is CC(=O)CC[C@]1(c2ccccc2)C[C@H]1c1ccccc1. The molecule has 0 N–H and O–H groups in total. The van der Waals surface area contributed by atoms with Gasteiger partial charge in [-0.3, -0.25) is 0 Å². The van der Waals surface area contributed by atoms with Crippen LogP contribution in [0.25, 0.3) is 0 Å². The van der Waals surface area contributed by atoms with Crippen molar-refractivity contribution in [1.82, 2.24) is 0 Å². The topological polar surface area (TPSA) is 17.1 Å². The van der Waals surface area contributed by atoms with Gasteiger partial charge in [0.25, 0.3) is 0 Å². The Balaban J connectivity index is 1.90. The second-order valence-electron chi connectivity index (χ2n) is 5.89. The smallest absolute Gasteiger partial charge is 0.129 e. The Hall–Kier alpha value is -1.89. The fraction of sp³-hybridized carbons (Fsp3) is 0.316. The van der Waals surface area contributed by atoms with Gasteiger partial charge in [0.2, 0.25) is 0 Å². The number of ketones is 1. The molecule has 3 rings (SSSR count). The second kappa shape index (κ2) is 5.24. The van der Waals surface area contributed by atoms with Crippen LogP contribution < -0.4 is 0 Å². The molecule has 0 aliphatic heterocycles. The third-order valence-corrected chi connectivity index (χ3v) is 4.55. The van der Waals surface area contributed by atoms with Gasteiger partial charge in [0, 0.05) is 11.8 Å². The fourth-order valence-corrected chi connectivity index (χ4v) is 3.34. The molecule has 0 spiro atoms. The molecule has 0 amide bonds. The van der Waals surface area contributed by atoms with E-state index in [0.717, 1.165) is 12.8 Å². The molecule has 1 fully saturated rings. The van der Waals surface area contributed by atoms with Crippen LogP contribution in [-0.4, -0.2) is 5.78 Å². The molecule has 1 heteroatoms. The molecule has 2 aromatic carbocycles. The molecule has 102 valence electrons. The number of hydrogen-bond acceptors (Lipinski definition) is 1. The molecule has 0 radical (unpaired) electrons. The zero-order valence-electron chi connectivity index (χ0n) is 11.9. The van der Waals surface area contributed by atoms with E-state index in [1.807, 2.05) is 0 Å². The predicted octanol–water partition coefficient (Wildman–Crippen LogP) is 4.48. The maximum Gasteiger partial charge on any atom is 0.129 e. The van der Waals surface area contributed by atoms with Crippen molar-refractivity contribution in [3.8, 4) is 0 Å². The number of carbonyl (C=O) groups excluding carboxylic acids is 1. The zero-order valence-corrected chi connectivity index (χ0v) is 11.9. The van der Waals surface area contributed by atoms with Crippen LogP contribution >= 0.6 is 0 Å². The molecule has 2 aromatic rings. The Kier molecular flexibility index (Phi) is 3.43. The van der Waals surface area contributed by atoms with E-state index < -0.39 is 0 Å². The van der Waals surface area contributed by atoms with Gasteiger partial charge in [0.15, 0.2) is 0 Å². The van der Waals surface area contributed by atoms with Crippen LogP contribution in [0.1, 0.15) is 43.2 Å². The van der Waals surface area contributed by atoms with Gasteiger partial charge in [0.05, 0.1) is 0 Å². The first-order chi connectivity index (χ1) is 9.72. The van der Waals surface area contributed by atoms with E-state index in [1.165, 1.54) is 11.1 Å². The Bertz CT molecular complexity index is 588. The van der Waals surface area contributed by atoms with Crippen molar-refractivity contribution >= 4 is 5.78 Å². The lowest BCUT2D eigenvalue weighted by atomic mass is 9.86. The number of benzene rings is 2. The van der Waals surface area contributed by atoms with Crippen molar-refractivity contribution in [1.29, 1.82) is 0 Å². The summed E-state index contributed by atoms with van der Waals surface area (Å²) in [6, 6.07) is 21.4. The van der Waals surface area contributed by atoms with E-state index >= 15 is 0 Å². The minimum atomic E-state index is 0.175. The van der Waals surface area contributed by atoms with Crippen molar-refractivity contribution in [2.24, 2.45) is 0 Å². The molecular weight excluding hydrogens is 244 g/mol. The average molecular weight is 264 g/mol. The van der Waals surface area contributed by atoms with Crippen molar-refractivity contribution in [2.75, 3.05) is 0 Å². The fourth-order valence-electron chi connectivity index (χ4n) is 3.34. The molecule has 0 aromatic heterocycles. The van der Waals surface area contributed by atoms with E-state index in [-0.39, 0.29) is 5.41 Å². The number of carbonyl (C=O) groups is 1. The summed E-state index contributed by atoms with van der Waals surface area (Å²) in [6.45, 7) is 1.69. The van der Waals surface area contributed by atoms with Gasteiger partial charge >= 0.3 is 0 Å². The van der Waals surface area contributed by atoms with E-state index in [4.69, 9.17) is 0 Å². The molecule has 2 atom stereocenters. The highest BCUT2D eigenvalue weighted by Gasteiger charge is 2.55. The molecule has 0 unspecified atom stereocenters. The summed E-state index contributed by atoms with van der Waals surface area (Å²) in [4.78, 5) is 11.4. The highest BCUT2D eigenvalue weighted by atomic mass is 16.1. The van der Waals surface area contributed by atoms with Crippen molar-refractivity contribution in [2.45, 2.75) is 37.5 Å². The van der Waals surface area contributed by atoms with E-state index in [0.29, 0.717) is 18.1 Å². The molecule has 1 nitrogen and oxygen atoms in total. The van der Waals surface area contributed by atoms with Gasteiger partial charge in [-0.1, -0.05) is 60.7 Å². The van der Waals surface area contributed by atoms with Gasteiger partial charge in [0.1, 0.15) is 5.78 Å². The molecule has 1 saturated carbocycles. The van der Waals surface area contributed by atoms with E-state index in [2.05, 4.69) is 60.7 Å². The van der Waals surface area contributed by atoms with Gasteiger partial charge in [-0.15, -0.1) is 0 Å². The summed E-state index contributed by atoms with van der Waals surface area (Å²) in [7, 11) is 0. The van der Waals surface area contributed by atoms with Crippen LogP contribution in [-0.2, 0) is 10.2 Å². The van der Waals surface area contributed by atoms with Crippen LogP contribution in [0.5, 0.6) is 0 Å². The summed E-state index contributed by atoms with van der Waals surface area (Å²) in [5.41, 5.74) is 2.96. The Morgan fingerprint density at radius 3 is 2.25 bits per heavy atom. The van der Waals surface area contributed by atoms with Crippen molar-refractivity contribution in [3.05, 3.63) is 71.8 Å². The molecular formula is C19H20O. The van der Waals surface area contributed by atoms with Crippen LogP contribution in [0.2, 0.25) is 0 Å². The third kappa shape index (κ3) is 2.40. The van der Waals surface area contributed by atoms with E-state index in [9.17, 15) is 4.79 Å². The van der Waals surface area contributed by atoms with Crippen LogP contribution in [0.4, 0.5) is 0 Å². The first-order valence-electron chi connectivity index (χ1n) is 7.32. The lowest BCUT2D eigenvalue weighted by Crippen LogP contribution is -2.11. The van der Waals surface area contributed by atoms with Crippen LogP contribution in [0.15, 0.2) is 60.7 Å². The summed E-state index contributed by atoms with van der Waals surface area (Å²) in [5.74, 6) is 0.851. The van der Waals surface area contributed by atoms with Crippen molar-refractivity contribution < 1.29 is 4.79 Å². The Morgan fingerprint density at radius 1 is 1.05 bits per heavy atom. The van der Waals surface area contributed by atoms with Gasteiger partial charge < -0.3 is 4.79 Å². The number of hydrogen-bond donors (Lipinski definition) is 0. The number of Topliss-reactive ketones (excluding diaryl/α,β-unsaturated/α-hetero) is 1. The molecule has 0 heterocycles. The minimum absolute atomic E-state index is 0.175. The zero-order chi connectivity index (χ0) is 14.0. The van der Waals surface area contributed by atoms with Crippen molar-refractivity contribution in [3.63, 3.8) is 0 Å². The summed E-state index contributed by atoms with van der Waals surface area (Å²) in [6.07, 6.45) is 2.80. The molecule has 0 bridgehead atoms. The van der Waals surface area contributed by atoms with Crippen LogP contribution in [0.3, 0.4) is 0 Å². The highest BCUT2D eigenvalue weighted by Crippen LogP contribution is 2.63. The van der Waals surface area contributed by atoms with Gasteiger partial charge in [-0.2, -0.15) is 0 Å². The lowest BCUT2D eigenvalue weighted by molar-refractivity contribution is -0.117. The minimum Gasteiger partial charge on any atom is -0.300 e. The maximum absolute atomic E-state index is 11.4. The Morgan fingerprint density at radius 2 is 1.65 bits per heavy atom. The number of rotatable bonds is 5. The Labute approximate surface area is 120 Å². The average Bonchev–Trinajstić information content (AvgIpc) is 3.23. The van der Waals surface area contributed by atoms with Crippen LogP contribution in [0, 0.1) is 0 Å². The third-order valence-electron chi connectivity index (χ3n) is 4.55. The highest BCUT2D eigenvalue weighted by molar-refractivity contribution is 5.75. The first-order valence-corrected chi connectivity index (χ1v) is 7.32.